The minimum Gasteiger partial charge on any atom is -0.493 e. The molecule has 5 heteroatoms. The molecule has 0 fully saturated rings. The van der Waals surface area contributed by atoms with Crippen molar-refractivity contribution in [1.82, 2.24) is 9.97 Å². The van der Waals surface area contributed by atoms with Crippen LogP contribution in [0.5, 0.6) is 5.88 Å². The van der Waals surface area contributed by atoms with Gasteiger partial charge in [-0.3, -0.25) is 4.79 Å². The van der Waals surface area contributed by atoms with E-state index in [2.05, 4.69) is 9.97 Å². The lowest BCUT2D eigenvalue weighted by atomic mass is 10.0. The molecule has 0 radical (unpaired) electrons. The summed E-state index contributed by atoms with van der Waals surface area (Å²) in [6.45, 7) is 3.88. The second-order valence-electron chi connectivity index (χ2n) is 4.69. The smallest absolute Gasteiger partial charge is 0.258 e. The summed E-state index contributed by atoms with van der Waals surface area (Å²) in [5.74, 6) is 0.546. The third-order valence-corrected chi connectivity index (χ3v) is 4.18. The predicted octanol–water partition coefficient (Wildman–Crippen LogP) is 3.28. The second-order valence-corrected chi connectivity index (χ2v) is 5.66. The highest BCUT2D eigenvalue weighted by Crippen LogP contribution is 2.25. The Morgan fingerprint density at radius 3 is 2.65 bits per heavy atom. The molecule has 2 rings (SSSR count). The summed E-state index contributed by atoms with van der Waals surface area (Å²) in [4.78, 5) is 18.8. The van der Waals surface area contributed by atoms with Crippen LogP contribution in [0.1, 0.15) is 37.3 Å². The molecule has 20 heavy (non-hydrogen) atoms. The Kier molecular flexibility index (Phi) is 4.84. The van der Waals surface area contributed by atoms with Crippen LogP contribution in [0.25, 0.3) is 0 Å². The number of nitrogens with zero attached hydrogens (tertiary/aromatic N) is 1. The lowest BCUT2D eigenvalue weighted by Crippen LogP contribution is -2.17. The largest absolute Gasteiger partial charge is 0.493 e. The average molecular weight is 290 g/mol. The predicted molar refractivity (Wildman–Crippen MR) is 81.2 cm³/mol. The van der Waals surface area contributed by atoms with Crippen LogP contribution in [-0.2, 0) is 5.75 Å². The van der Waals surface area contributed by atoms with Gasteiger partial charge in [0, 0.05) is 5.75 Å². The second kappa shape index (κ2) is 6.61. The first kappa shape index (κ1) is 14.7. The molecule has 1 unspecified atom stereocenters. The number of rotatable bonds is 5. The van der Waals surface area contributed by atoms with Crippen molar-refractivity contribution >= 4 is 11.8 Å². The quantitative estimate of drug-likeness (QED) is 0.655. The maximum absolute atomic E-state index is 12.0. The van der Waals surface area contributed by atoms with Crippen LogP contribution in [-0.4, -0.2) is 15.1 Å². The van der Waals surface area contributed by atoms with Gasteiger partial charge in [-0.15, -0.1) is 0 Å². The fourth-order valence-corrected chi connectivity index (χ4v) is 2.70. The van der Waals surface area contributed by atoms with E-state index in [1.54, 1.807) is 0 Å². The molecule has 1 heterocycles. The van der Waals surface area contributed by atoms with Gasteiger partial charge >= 0.3 is 0 Å². The molecule has 0 saturated carbocycles. The monoisotopic (exact) mass is 290 g/mol. The average Bonchev–Trinajstić information content (AvgIpc) is 2.45. The van der Waals surface area contributed by atoms with Crippen LogP contribution >= 0.6 is 11.8 Å². The van der Waals surface area contributed by atoms with E-state index in [0.29, 0.717) is 16.5 Å². The number of thioether (sulfide) groups is 1. The third kappa shape index (κ3) is 3.42. The molecular formula is C15H18N2O2S. The number of hydrogen-bond donors (Lipinski definition) is 2. The highest BCUT2D eigenvalue weighted by atomic mass is 32.2. The van der Waals surface area contributed by atoms with E-state index < -0.39 is 0 Å². The van der Waals surface area contributed by atoms with Gasteiger partial charge in [0.15, 0.2) is 5.16 Å². The molecule has 1 aromatic carbocycles. The number of aromatic amines is 1. The van der Waals surface area contributed by atoms with Crippen molar-refractivity contribution in [3.8, 4) is 5.88 Å². The molecule has 0 aliphatic rings. The van der Waals surface area contributed by atoms with Crippen molar-refractivity contribution in [2.45, 2.75) is 37.1 Å². The van der Waals surface area contributed by atoms with Gasteiger partial charge in [-0.1, -0.05) is 55.9 Å². The normalized spacial score (nSPS) is 12.3. The number of aromatic nitrogens is 2. The van der Waals surface area contributed by atoms with E-state index >= 15 is 0 Å². The van der Waals surface area contributed by atoms with Gasteiger partial charge in [0.2, 0.25) is 5.88 Å². The molecule has 1 atom stereocenters. The summed E-state index contributed by atoms with van der Waals surface area (Å²) < 4.78 is 0. The molecule has 0 saturated heterocycles. The van der Waals surface area contributed by atoms with Crippen molar-refractivity contribution < 1.29 is 5.11 Å². The molecule has 2 aromatic rings. The number of aromatic hydroxyl groups is 1. The van der Waals surface area contributed by atoms with Crippen LogP contribution in [0.4, 0.5) is 0 Å². The SMILES string of the molecule is CCC(C)c1c(O)nc(SCc2ccccc2)[nH]c1=O. The van der Waals surface area contributed by atoms with Crippen LogP contribution in [0.15, 0.2) is 40.3 Å². The van der Waals surface area contributed by atoms with Gasteiger partial charge in [0.25, 0.3) is 5.56 Å². The van der Waals surface area contributed by atoms with Gasteiger partial charge in [0.05, 0.1) is 5.56 Å². The van der Waals surface area contributed by atoms with Gasteiger partial charge in [0.1, 0.15) is 0 Å². The molecule has 0 amide bonds. The van der Waals surface area contributed by atoms with Crippen molar-refractivity contribution in [2.75, 3.05) is 0 Å². The zero-order valence-electron chi connectivity index (χ0n) is 11.6. The van der Waals surface area contributed by atoms with Gasteiger partial charge in [-0.05, 0) is 17.9 Å². The van der Waals surface area contributed by atoms with Crippen LogP contribution in [0.3, 0.4) is 0 Å². The fraction of sp³-hybridized carbons (Fsp3) is 0.333. The molecule has 0 bridgehead atoms. The minimum absolute atomic E-state index is 0.000534. The molecule has 106 valence electrons. The summed E-state index contributed by atoms with van der Waals surface area (Å²) in [5, 5.41) is 10.4. The maximum Gasteiger partial charge on any atom is 0.258 e. The number of hydrogen-bond acceptors (Lipinski definition) is 4. The number of benzene rings is 1. The van der Waals surface area contributed by atoms with Crippen LogP contribution < -0.4 is 5.56 Å². The Hall–Kier alpha value is -1.75. The zero-order chi connectivity index (χ0) is 14.5. The first-order valence-electron chi connectivity index (χ1n) is 6.61. The first-order valence-corrected chi connectivity index (χ1v) is 7.60. The van der Waals surface area contributed by atoms with Crippen LogP contribution in [0.2, 0.25) is 0 Å². The summed E-state index contributed by atoms with van der Waals surface area (Å²) in [6, 6.07) is 9.92. The topological polar surface area (TPSA) is 66.0 Å². The summed E-state index contributed by atoms with van der Waals surface area (Å²) in [6.07, 6.45) is 0.787. The van der Waals surface area contributed by atoms with Gasteiger partial charge in [-0.2, -0.15) is 4.98 Å². The Labute approximate surface area is 122 Å². The molecule has 2 N–H and O–H groups in total. The van der Waals surface area contributed by atoms with Crippen molar-refractivity contribution in [2.24, 2.45) is 0 Å². The molecule has 1 aromatic heterocycles. The molecule has 0 aliphatic heterocycles. The van der Waals surface area contributed by atoms with Crippen molar-refractivity contribution in [1.29, 1.82) is 0 Å². The van der Waals surface area contributed by atoms with Crippen LogP contribution in [0, 0.1) is 0 Å². The Morgan fingerprint density at radius 1 is 1.35 bits per heavy atom. The lowest BCUT2D eigenvalue weighted by molar-refractivity contribution is 0.429. The summed E-state index contributed by atoms with van der Waals surface area (Å²) in [7, 11) is 0. The van der Waals surface area contributed by atoms with Crippen molar-refractivity contribution in [3.05, 3.63) is 51.8 Å². The maximum atomic E-state index is 12.0. The van der Waals surface area contributed by atoms with E-state index in [9.17, 15) is 9.90 Å². The van der Waals surface area contributed by atoms with E-state index in [1.807, 2.05) is 44.2 Å². The Bertz CT molecular complexity index is 626. The molecule has 0 spiro atoms. The lowest BCUT2D eigenvalue weighted by Gasteiger charge is -2.10. The van der Waals surface area contributed by atoms with E-state index in [0.717, 1.165) is 12.0 Å². The first-order chi connectivity index (χ1) is 9.61. The van der Waals surface area contributed by atoms with E-state index in [-0.39, 0.29) is 17.4 Å². The van der Waals surface area contributed by atoms with Gasteiger partial charge in [-0.25, -0.2) is 0 Å². The molecular weight excluding hydrogens is 272 g/mol. The summed E-state index contributed by atoms with van der Waals surface area (Å²) in [5.41, 5.74) is 1.27. The molecule has 4 nitrogen and oxygen atoms in total. The minimum atomic E-state index is -0.248. The van der Waals surface area contributed by atoms with Crippen molar-refractivity contribution in [3.63, 3.8) is 0 Å². The Balaban J connectivity index is 2.17. The third-order valence-electron chi connectivity index (χ3n) is 3.24. The standard InChI is InChI=1S/C15H18N2O2S/c1-3-10(2)12-13(18)16-15(17-14(12)19)20-9-11-7-5-4-6-8-11/h4-8,10H,3,9H2,1-2H3,(H2,16,17,18,19). The zero-order valence-corrected chi connectivity index (χ0v) is 12.4. The Morgan fingerprint density at radius 2 is 2.05 bits per heavy atom. The highest BCUT2D eigenvalue weighted by Gasteiger charge is 2.16. The van der Waals surface area contributed by atoms with Gasteiger partial charge < -0.3 is 10.1 Å². The van der Waals surface area contributed by atoms with E-state index in [1.165, 1.54) is 11.8 Å². The van der Waals surface area contributed by atoms with E-state index in [4.69, 9.17) is 0 Å². The number of nitrogens with one attached hydrogen (secondary N) is 1. The number of H-pyrrole nitrogens is 1. The molecule has 0 aliphatic carbocycles. The summed E-state index contributed by atoms with van der Waals surface area (Å²) >= 11 is 1.40. The fourth-order valence-electron chi connectivity index (χ4n) is 1.89. The highest BCUT2D eigenvalue weighted by molar-refractivity contribution is 7.98.